The lowest BCUT2D eigenvalue weighted by molar-refractivity contribution is -0.118. The summed E-state index contributed by atoms with van der Waals surface area (Å²) in [6, 6.07) is 7.73. The van der Waals surface area contributed by atoms with E-state index in [1.54, 1.807) is 7.11 Å². The zero-order chi connectivity index (χ0) is 15.7. The van der Waals surface area contributed by atoms with Crippen LogP contribution in [0, 0.1) is 0 Å². The molecule has 0 bridgehead atoms. The van der Waals surface area contributed by atoms with Crippen LogP contribution in [0.4, 0.5) is 0 Å². The molecular formula is C16H26N2O2S. The fraction of sp³-hybridized carbons (Fsp3) is 0.562. The van der Waals surface area contributed by atoms with Crippen LogP contribution >= 0.6 is 11.8 Å². The van der Waals surface area contributed by atoms with Crippen molar-refractivity contribution >= 4 is 17.7 Å². The first-order chi connectivity index (χ1) is 9.90. The van der Waals surface area contributed by atoms with E-state index in [2.05, 4.69) is 31.4 Å². The molecule has 0 aliphatic heterocycles. The Hall–Kier alpha value is -1.20. The van der Waals surface area contributed by atoms with Crippen molar-refractivity contribution in [1.82, 2.24) is 10.6 Å². The molecule has 21 heavy (non-hydrogen) atoms. The summed E-state index contributed by atoms with van der Waals surface area (Å²) in [6.45, 7) is 8.03. The molecule has 0 radical (unpaired) electrons. The Bertz CT molecular complexity index is 427. The summed E-state index contributed by atoms with van der Waals surface area (Å²) in [4.78, 5) is 12.8. The summed E-state index contributed by atoms with van der Waals surface area (Å²) >= 11 is 1.53. The average molecular weight is 310 g/mol. The van der Waals surface area contributed by atoms with Gasteiger partial charge >= 0.3 is 0 Å². The number of hydrogen-bond acceptors (Lipinski definition) is 4. The molecule has 0 aliphatic carbocycles. The molecule has 0 spiro atoms. The number of benzene rings is 1. The first kappa shape index (κ1) is 17.9. The van der Waals surface area contributed by atoms with Crippen LogP contribution in [-0.4, -0.2) is 37.4 Å². The standard InChI is InChI=1S/C16H26N2O2S/c1-16(2,3)18-11-5-10-17-15(19)12-21-14-8-6-13(20-4)7-9-14/h6-9,18H,5,10-12H2,1-4H3,(H,17,19). The zero-order valence-electron chi connectivity index (χ0n) is 13.4. The predicted molar refractivity (Wildman–Crippen MR) is 89.1 cm³/mol. The van der Waals surface area contributed by atoms with E-state index in [9.17, 15) is 4.79 Å². The number of amides is 1. The molecule has 0 aromatic heterocycles. The van der Waals surface area contributed by atoms with Crippen LogP contribution < -0.4 is 15.4 Å². The first-order valence-electron chi connectivity index (χ1n) is 7.19. The van der Waals surface area contributed by atoms with Gasteiger partial charge in [0.1, 0.15) is 5.75 Å². The van der Waals surface area contributed by atoms with Crippen LogP contribution in [0.25, 0.3) is 0 Å². The second-order valence-electron chi connectivity index (χ2n) is 5.84. The highest BCUT2D eigenvalue weighted by Crippen LogP contribution is 2.20. The Morgan fingerprint density at radius 2 is 1.86 bits per heavy atom. The Kier molecular flexibility index (Phi) is 7.61. The van der Waals surface area contributed by atoms with Gasteiger partial charge in [-0.2, -0.15) is 0 Å². The molecule has 4 nitrogen and oxygen atoms in total. The van der Waals surface area contributed by atoms with Crippen molar-refractivity contribution in [3.05, 3.63) is 24.3 Å². The Morgan fingerprint density at radius 3 is 2.43 bits per heavy atom. The van der Waals surface area contributed by atoms with Crippen molar-refractivity contribution in [2.75, 3.05) is 26.0 Å². The molecule has 0 aliphatic rings. The van der Waals surface area contributed by atoms with Crippen molar-refractivity contribution in [1.29, 1.82) is 0 Å². The van der Waals surface area contributed by atoms with E-state index >= 15 is 0 Å². The minimum atomic E-state index is 0.0755. The van der Waals surface area contributed by atoms with Gasteiger partial charge in [-0.05, 0) is 58.0 Å². The summed E-state index contributed by atoms with van der Waals surface area (Å²) in [7, 11) is 1.64. The number of thioether (sulfide) groups is 1. The van der Waals surface area contributed by atoms with Crippen molar-refractivity contribution in [2.45, 2.75) is 37.6 Å². The van der Waals surface area contributed by atoms with Crippen molar-refractivity contribution in [3.8, 4) is 5.75 Å². The molecule has 0 heterocycles. The third-order valence-electron chi connectivity index (χ3n) is 2.76. The lowest BCUT2D eigenvalue weighted by atomic mass is 10.1. The molecule has 118 valence electrons. The maximum absolute atomic E-state index is 11.7. The summed E-state index contributed by atoms with van der Waals surface area (Å²) in [5.74, 6) is 1.35. The van der Waals surface area contributed by atoms with E-state index in [-0.39, 0.29) is 11.4 Å². The van der Waals surface area contributed by atoms with Gasteiger partial charge in [-0.15, -0.1) is 11.8 Å². The highest BCUT2D eigenvalue weighted by atomic mass is 32.2. The molecule has 1 rings (SSSR count). The van der Waals surface area contributed by atoms with Gasteiger partial charge in [0.15, 0.2) is 0 Å². The molecule has 2 N–H and O–H groups in total. The third kappa shape index (κ3) is 8.63. The molecule has 1 aromatic carbocycles. The van der Waals surface area contributed by atoms with Crippen LogP contribution in [0.5, 0.6) is 5.75 Å². The molecule has 0 unspecified atom stereocenters. The number of rotatable bonds is 8. The van der Waals surface area contributed by atoms with Crippen molar-refractivity contribution in [2.24, 2.45) is 0 Å². The molecule has 0 saturated carbocycles. The molecule has 0 saturated heterocycles. The number of ether oxygens (including phenoxy) is 1. The number of nitrogens with one attached hydrogen (secondary N) is 2. The van der Waals surface area contributed by atoms with Gasteiger partial charge in [-0.1, -0.05) is 0 Å². The highest BCUT2D eigenvalue weighted by Gasteiger charge is 2.07. The van der Waals surface area contributed by atoms with Crippen LogP contribution in [0.2, 0.25) is 0 Å². The van der Waals surface area contributed by atoms with E-state index in [0.29, 0.717) is 12.3 Å². The topological polar surface area (TPSA) is 50.4 Å². The second kappa shape index (κ2) is 8.95. The number of carbonyl (C=O) groups is 1. The van der Waals surface area contributed by atoms with Gasteiger partial charge in [0.25, 0.3) is 0 Å². The highest BCUT2D eigenvalue weighted by molar-refractivity contribution is 8.00. The Labute approximate surface area is 132 Å². The van der Waals surface area contributed by atoms with E-state index in [1.807, 2.05) is 24.3 Å². The predicted octanol–water partition coefficient (Wildman–Crippen LogP) is 2.68. The summed E-state index contributed by atoms with van der Waals surface area (Å²) in [6.07, 6.45) is 0.941. The largest absolute Gasteiger partial charge is 0.497 e. The SMILES string of the molecule is COc1ccc(SCC(=O)NCCCNC(C)(C)C)cc1. The summed E-state index contributed by atoms with van der Waals surface area (Å²) in [5, 5.41) is 6.33. The van der Waals surface area contributed by atoms with Crippen LogP contribution in [0.1, 0.15) is 27.2 Å². The summed E-state index contributed by atoms with van der Waals surface area (Å²) in [5.41, 5.74) is 0.133. The maximum Gasteiger partial charge on any atom is 0.230 e. The Balaban J connectivity index is 2.13. The Morgan fingerprint density at radius 1 is 1.19 bits per heavy atom. The normalized spacial score (nSPS) is 11.2. The van der Waals surface area contributed by atoms with Gasteiger partial charge in [-0.25, -0.2) is 0 Å². The molecule has 1 amide bonds. The van der Waals surface area contributed by atoms with E-state index in [4.69, 9.17) is 4.74 Å². The van der Waals surface area contributed by atoms with Gasteiger partial charge in [-0.3, -0.25) is 4.79 Å². The molecular weight excluding hydrogens is 284 g/mol. The summed E-state index contributed by atoms with van der Waals surface area (Å²) < 4.78 is 5.10. The van der Waals surface area contributed by atoms with Gasteiger partial charge < -0.3 is 15.4 Å². The minimum Gasteiger partial charge on any atom is -0.497 e. The van der Waals surface area contributed by atoms with Crippen LogP contribution in [0.15, 0.2) is 29.2 Å². The zero-order valence-corrected chi connectivity index (χ0v) is 14.2. The first-order valence-corrected chi connectivity index (χ1v) is 8.18. The molecule has 1 aromatic rings. The fourth-order valence-electron chi connectivity index (χ4n) is 1.65. The molecule has 0 atom stereocenters. The number of methoxy groups -OCH3 is 1. The van der Waals surface area contributed by atoms with Crippen LogP contribution in [-0.2, 0) is 4.79 Å². The molecule has 5 heteroatoms. The quantitative estimate of drug-likeness (QED) is 0.572. The molecule has 0 fully saturated rings. The van der Waals surface area contributed by atoms with Crippen molar-refractivity contribution < 1.29 is 9.53 Å². The lowest BCUT2D eigenvalue weighted by Gasteiger charge is -2.20. The average Bonchev–Trinajstić information content (AvgIpc) is 2.44. The van der Waals surface area contributed by atoms with E-state index < -0.39 is 0 Å². The monoisotopic (exact) mass is 310 g/mol. The maximum atomic E-state index is 11.7. The van der Waals surface area contributed by atoms with E-state index in [0.717, 1.165) is 23.6 Å². The van der Waals surface area contributed by atoms with Gasteiger partial charge in [0.05, 0.1) is 12.9 Å². The number of carbonyl (C=O) groups excluding carboxylic acids is 1. The second-order valence-corrected chi connectivity index (χ2v) is 6.89. The van der Waals surface area contributed by atoms with Gasteiger partial charge in [0.2, 0.25) is 5.91 Å². The third-order valence-corrected chi connectivity index (χ3v) is 3.77. The lowest BCUT2D eigenvalue weighted by Crippen LogP contribution is -2.38. The van der Waals surface area contributed by atoms with Gasteiger partial charge in [0, 0.05) is 17.0 Å². The number of hydrogen-bond donors (Lipinski definition) is 2. The van der Waals surface area contributed by atoms with Crippen LogP contribution in [0.3, 0.4) is 0 Å². The van der Waals surface area contributed by atoms with E-state index in [1.165, 1.54) is 11.8 Å². The smallest absolute Gasteiger partial charge is 0.230 e. The minimum absolute atomic E-state index is 0.0755. The fourth-order valence-corrected chi connectivity index (χ4v) is 2.38. The van der Waals surface area contributed by atoms with Crippen molar-refractivity contribution in [3.63, 3.8) is 0 Å².